The molecule has 1 aliphatic heterocycles. The average Bonchev–Trinajstić information content (AvgIpc) is 3.11. The Hall–Kier alpha value is -2.31. The number of fused-ring (bicyclic) bond motifs is 1. The molecule has 2 aliphatic rings. The Morgan fingerprint density at radius 2 is 1.90 bits per heavy atom. The maximum atomic E-state index is 10.8. The predicted octanol–water partition coefficient (Wildman–Crippen LogP) is 3.45. The predicted molar refractivity (Wildman–Crippen MR) is 115 cm³/mol. The van der Waals surface area contributed by atoms with Crippen LogP contribution in [0.2, 0.25) is 0 Å². The van der Waals surface area contributed by atoms with Gasteiger partial charge in [-0.05, 0) is 67.9 Å². The summed E-state index contributed by atoms with van der Waals surface area (Å²) in [5, 5.41) is 10.8. The third-order valence-electron chi connectivity index (χ3n) is 6.25. The zero-order valence-electron chi connectivity index (χ0n) is 18.1. The van der Waals surface area contributed by atoms with E-state index in [-0.39, 0.29) is 6.10 Å². The van der Waals surface area contributed by atoms with Crippen LogP contribution in [0.1, 0.15) is 30.9 Å². The molecule has 0 spiro atoms. The number of nitrogens with zero attached hydrogens (tertiary/aromatic N) is 2. The quantitative estimate of drug-likeness (QED) is 0.752. The second kappa shape index (κ2) is 9.23. The summed E-state index contributed by atoms with van der Waals surface area (Å²) in [6.45, 7) is 7.46. The molecule has 1 N–H and O–H groups in total. The van der Waals surface area contributed by atoms with E-state index in [0.717, 1.165) is 60.9 Å². The van der Waals surface area contributed by atoms with Crippen LogP contribution in [0.25, 0.3) is 0 Å². The molecule has 0 bridgehead atoms. The first kappa shape index (κ1) is 20.9. The topological polar surface area (TPSA) is 64.1 Å². The SMILES string of the molecule is CCOc1cc(C)ccc1O[C@@H]1C[C@@H]2CN(Cc3cncc(OC)c3)C[C@@H]2C[C@H]1O. The van der Waals surface area contributed by atoms with E-state index < -0.39 is 6.10 Å². The molecule has 2 aromatic rings. The van der Waals surface area contributed by atoms with Crippen LogP contribution in [-0.4, -0.2) is 54.0 Å². The van der Waals surface area contributed by atoms with Crippen LogP contribution in [0.15, 0.2) is 36.7 Å². The zero-order chi connectivity index (χ0) is 21.1. The third-order valence-corrected chi connectivity index (χ3v) is 6.25. The molecule has 4 rings (SSSR count). The summed E-state index contributed by atoms with van der Waals surface area (Å²) in [5.74, 6) is 3.30. The highest BCUT2D eigenvalue weighted by Gasteiger charge is 2.42. The van der Waals surface area contributed by atoms with E-state index in [4.69, 9.17) is 14.2 Å². The van der Waals surface area contributed by atoms with Crippen LogP contribution in [0.5, 0.6) is 17.2 Å². The Labute approximate surface area is 178 Å². The zero-order valence-corrected chi connectivity index (χ0v) is 18.1. The standard InChI is InChI=1S/C24H32N2O4/c1-4-29-24-7-16(2)5-6-22(24)30-23-10-19-15-26(14-18(19)9-21(23)27)13-17-8-20(28-3)12-25-11-17/h5-8,11-12,18-19,21,23,27H,4,9-10,13-15H2,1-3H3/t18-,19+,21+,23+/m0/s1. The van der Waals surface area contributed by atoms with Crippen LogP contribution in [0.3, 0.4) is 0 Å². The van der Waals surface area contributed by atoms with Gasteiger partial charge in [-0.3, -0.25) is 9.88 Å². The van der Waals surface area contributed by atoms with Crippen molar-refractivity contribution < 1.29 is 19.3 Å². The lowest BCUT2D eigenvalue weighted by molar-refractivity contribution is -0.0242. The monoisotopic (exact) mass is 412 g/mol. The van der Waals surface area contributed by atoms with Crippen molar-refractivity contribution >= 4 is 0 Å². The minimum Gasteiger partial charge on any atom is -0.495 e. The number of aryl methyl sites for hydroxylation is 1. The minimum absolute atomic E-state index is 0.202. The van der Waals surface area contributed by atoms with Crippen molar-refractivity contribution in [2.24, 2.45) is 11.8 Å². The number of aliphatic hydroxyl groups excluding tert-OH is 1. The number of likely N-dealkylation sites (tertiary alicyclic amines) is 1. The molecule has 1 saturated heterocycles. The lowest BCUT2D eigenvalue weighted by Crippen LogP contribution is -2.42. The van der Waals surface area contributed by atoms with Gasteiger partial charge in [-0.1, -0.05) is 6.07 Å². The van der Waals surface area contributed by atoms with E-state index in [2.05, 4.69) is 9.88 Å². The lowest BCUT2D eigenvalue weighted by Gasteiger charge is -2.35. The van der Waals surface area contributed by atoms with Gasteiger partial charge >= 0.3 is 0 Å². The summed E-state index contributed by atoms with van der Waals surface area (Å²) in [6, 6.07) is 8.02. The molecule has 1 aliphatic carbocycles. The molecular weight excluding hydrogens is 380 g/mol. The average molecular weight is 413 g/mol. The van der Waals surface area contributed by atoms with Crippen molar-refractivity contribution in [3.8, 4) is 17.2 Å². The van der Waals surface area contributed by atoms with Crippen molar-refractivity contribution in [1.29, 1.82) is 0 Å². The van der Waals surface area contributed by atoms with E-state index in [9.17, 15) is 5.11 Å². The van der Waals surface area contributed by atoms with Gasteiger partial charge in [0.25, 0.3) is 0 Å². The van der Waals surface area contributed by atoms with Gasteiger partial charge in [-0.15, -0.1) is 0 Å². The largest absolute Gasteiger partial charge is 0.495 e. The summed E-state index contributed by atoms with van der Waals surface area (Å²) in [6.07, 6.45) is 4.60. The van der Waals surface area contributed by atoms with Crippen LogP contribution in [0, 0.1) is 18.8 Å². The number of hydrogen-bond acceptors (Lipinski definition) is 6. The smallest absolute Gasteiger partial charge is 0.161 e. The van der Waals surface area contributed by atoms with Crippen LogP contribution in [-0.2, 0) is 6.54 Å². The van der Waals surface area contributed by atoms with Crippen molar-refractivity contribution in [2.45, 2.75) is 45.4 Å². The molecule has 0 unspecified atom stereocenters. The molecule has 4 atom stereocenters. The number of rotatable bonds is 7. The Bertz CT molecular complexity index is 859. The molecule has 1 aromatic heterocycles. The third kappa shape index (κ3) is 4.71. The number of aromatic nitrogens is 1. The van der Waals surface area contributed by atoms with Gasteiger partial charge in [0.15, 0.2) is 11.5 Å². The van der Waals surface area contributed by atoms with Crippen molar-refractivity contribution in [3.05, 3.63) is 47.8 Å². The number of pyridine rings is 1. The maximum absolute atomic E-state index is 10.8. The summed E-state index contributed by atoms with van der Waals surface area (Å²) < 4.78 is 17.3. The first-order valence-electron chi connectivity index (χ1n) is 10.8. The molecule has 1 aromatic carbocycles. The van der Waals surface area contributed by atoms with Gasteiger partial charge in [0.2, 0.25) is 0 Å². The molecule has 6 nitrogen and oxygen atoms in total. The van der Waals surface area contributed by atoms with Gasteiger partial charge in [0.1, 0.15) is 11.9 Å². The fourth-order valence-electron chi connectivity index (χ4n) is 4.81. The van der Waals surface area contributed by atoms with Crippen molar-refractivity contribution in [1.82, 2.24) is 9.88 Å². The van der Waals surface area contributed by atoms with Gasteiger partial charge in [0, 0.05) is 25.8 Å². The van der Waals surface area contributed by atoms with Crippen molar-refractivity contribution in [2.75, 3.05) is 26.8 Å². The molecule has 2 fully saturated rings. The van der Waals surface area contributed by atoms with Crippen molar-refractivity contribution in [3.63, 3.8) is 0 Å². The summed E-state index contributed by atoms with van der Waals surface area (Å²) in [7, 11) is 1.66. The lowest BCUT2D eigenvalue weighted by atomic mass is 9.78. The van der Waals surface area contributed by atoms with Gasteiger partial charge < -0.3 is 19.3 Å². The fraction of sp³-hybridized carbons (Fsp3) is 0.542. The normalized spacial score (nSPS) is 26.3. The highest BCUT2D eigenvalue weighted by Crippen LogP contribution is 2.40. The second-order valence-electron chi connectivity index (χ2n) is 8.53. The van der Waals surface area contributed by atoms with Gasteiger partial charge in [0.05, 0.1) is 26.0 Å². The van der Waals surface area contributed by atoms with Gasteiger partial charge in [-0.2, -0.15) is 0 Å². The van der Waals surface area contributed by atoms with Gasteiger partial charge in [-0.25, -0.2) is 0 Å². The molecule has 2 heterocycles. The maximum Gasteiger partial charge on any atom is 0.161 e. The van der Waals surface area contributed by atoms with E-state index in [1.807, 2.05) is 44.3 Å². The van der Waals surface area contributed by atoms with E-state index in [0.29, 0.717) is 18.4 Å². The Kier molecular flexibility index (Phi) is 6.44. The minimum atomic E-state index is -0.458. The second-order valence-corrected chi connectivity index (χ2v) is 8.53. The first-order chi connectivity index (χ1) is 14.6. The van der Waals surface area contributed by atoms with Crippen LogP contribution >= 0.6 is 0 Å². The molecular formula is C24H32N2O4. The Morgan fingerprint density at radius 1 is 1.10 bits per heavy atom. The van der Waals surface area contributed by atoms with E-state index in [1.165, 1.54) is 0 Å². The number of benzene rings is 1. The highest BCUT2D eigenvalue weighted by molar-refractivity contribution is 5.42. The number of aliphatic hydroxyl groups is 1. The Morgan fingerprint density at radius 3 is 2.67 bits per heavy atom. The molecule has 6 heteroatoms. The number of hydrogen-bond donors (Lipinski definition) is 1. The van der Waals surface area contributed by atoms with Crippen LogP contribution < -0.4 is 14.2 Å². The molecule has 30 heavy (non-hydrogen) atoms. The van der Waals surface area contributed by atoms with E-state index in [1.54, 1.807) is 13.3 Å². The highest BCUT2D eigenvalue weighted by atomic mass is 16.5. The molecule has 0 radical (unpaired) electrons. The van der Waals surface area contributed by atoms with Crippen LogP contribution in [0.4, 0.5) is 0 Å². The van der Waals surface area contributed by atoms with E-state index >= 15 is 0 Å². The molecule has 162 valence electrons. The molecule has 1 saturated carbocycles. The summed E-state index contributed by atoms with van der Waals surface area (Å²) in [5.41, 5.74) is 2.29. The summed E-state index contributed by atoms with van der Waals surface area (Å²) in [4.78, 5) is 6.72. The summed E-state index contributed by atoms with van der Waals surface area (Å²) >= 11 is 0. The molecule has 0 amide bonds. The fourth-order valence-corrected chi connectivity index (χ4v) is 4.81. The first-order valence-corrected chi connectivity index (χ1v) is 10.8. The number of ether oxygens (including phenoxy) is 3. The Balaban J connectivity index is 1.40. The number of methoxy groups -OCH3 is 1.